The Bertz CT molecular complexity index is 2640. The first-order chi connectivity index (χ1) is 32.9. The average molecular weight is 962 g/mol. The Labute approximate surface area is 403 Å². The lowest BCUT2D eigenvalue weighted by Gasteiger charge is -2.35. The molecule has 0 N–H and O–H groups in total. The maximum Gasteiger partial charge on any atom is 0.333 e. The Morgan fingerprint density at radius 1 is 0.721 bits per heavy atom. The van der Waals surface area contributed by atoms with Crippen LogP contribution in [-0.2, 0) is 32.1 Å². The van der Waals surface area contributed by atoms with Crippen LogP contribution in [0.1, 0.15) is 90.6 Å². The lowest BCUT2D eigenvalue weighted by molar-refractivity contribution is -0.197. The Morgan fingerprint density at radius 2 is 1.34 bits per heavy atom. The first kappa shape index (κ1) is 46.9. The third kappa shape index (κ3) is 9.73. The van der Waals surface area contributed by atoms with E-state index in [4.69, 9.17) is 28.8 Å². The molecule has 0 aliphatic carbocycles. The number of unbranched alkanes of at least 4 members (excludes halogenated alkanes) is 2. The minimum atomic E-state index is -0.602. The van der Waals surface area contributed by atoms with Crippen LogP contribution < -0.4 is 33.6 Å². The molecule has 0 radical (unpaired) electrons. The predicted molar refractivity (Wildman–Crippen MR) is 263 cm³/mol. The smallest absolute Gasteiger partial charge is 0.333 e. The fourth-order valence-corrected chi connectivity index (χ4v) is 12.1. The van der Waals surface area contributed by atoms with Gasteiger partial charge in [0, 0.05) is 79.0 Å². The predicted octanol–water partition coefficient (Wildman–Crippen LogP) is 8.56. The number of amides is 4. The maximum absolute atomic E-state index is 14.6. The van der Waals surface area contributed by atoms with Gasteiger partial charge >= 0.3 is 5.97 Å². The molecule has 0 aromatic heterocycles. The van der Waals surface area contributed by atoms with Crippen molar-refractivity contribution in [2.24, 2.45) is 4.99 Å². The SMILES string of the molecule is COc1cc2c(cc1OCCCCCOc1cc3c(cc1OC)C(=O)N1c4ccccc4C[C@H]1CN3CC(C)(C)SSCCCC(=O)ON1C(=O)CCC1=O)N=C[C@@H]1Cc3ccccc3N1C2=O. The average Bonchev–Trinajstić information content (AvgIpc) is 3.95. The van der Waals surface area contributed by atoms with Gasteiger partial charge in [0.05, 0.1) is 62.0 Å². The number of rotatable bonds is 19. The second kappa shape index (κ2) is 20.2. The van der Waals surface area contributed by atoms with E-state index in [9.17, 15) is 24.0 Å². The first-order valence-corrected chi connectivity index (χ1v) is 25.4. The zero-order chi connectivity index (χ0) is 47.5. The van der Waals surface area contributed by atoms with Crippen LogP contribution in [0, 0.1) is 0 Å². The molecule has 17 heteroatoms. The van der Waals surface area contributed by atoms with E-state index in [1.165, 1.54) is 0 Å². The fourth-order valence-electron chi connectivity index (χ4n) is 9.47. The fraction of sp³-hybridized carbons (Fsp3) is 0.412. The van der Waals surface area contributed by atoms with Crippen LogP contribution in [0.2, 0.25) is 0 Å². The van der Waals surface area contributed by atoms with Crippen LogP contribution in [0.4, 0.5) is 22.7 Å². The molecule has 1 saturated heterocycles. The lowest BCUT2D eigenvalue weighted by atomic mass is 10.1. The van der Waals surface area contributed by atoms with E-state index < -0.39 is 17.8 Å². The number of benzene rings is 4. The quantitative estimate of drug-likeness (QED) is 0.0501. The van der Waals surface area contributed by atoms with Crippen molar-refractivity contribution in [3.8, 4) is 23.0 Å². The van der Waals surface area contributed by atoms with Gasteiger partial charge in [-0.1, -0.05) is 58.0 Å². The van der Waals surface area contributed by atoms with Gasteiger partial charge < -0.3 is 33.6 Å². The number of aliphatic imine (C=N–C) groups is 1. The van der Waals surface area contributed by atoms with Crippen molar-refractivity contribution in [1.29, 1.82) is 0 Å². The maximum atomic E-state index is 14.6. The number of fused-ring (bicyclic) bond motifs is 8. The molecule has 0 unspecified atom stereocenters. The van der Waals surface area contributed by atoms with Crippen LogP contribution in [0.15, 0.2) is 77.8 Å². The molecular formula is C51H55N5O10S2. The van der Waals surface area contributed by atoms with E-state index in [1.54, 1.807) is 47.9 Å². The highest BCUT2D eigenvalue weighted by Crippen LogP contribution is 2.45. The molecule has 4 aromatic rings. The number of hydrogen-bond acceptors (Lipinski definition) is 14. The summed E-state index contributed by atoms with van der Waals surface area (Å²) >= 11 is 0. The highest BCUT2D eigenvalue weighted by atomic mass is 33.1. The summed E-state index contributed by atoms with van der Waals surface area (Å²) in [6, 6.07) is 23.1. The van der Waals surface area contributed by atoms with Crippen LogP contribution in [0.25, 0.3) is 0 Å². The highest BCUT2D eigenvalue weighted by molar-refractivity contribution is 8.77. The van der Waals surface area contributed by atoms with Crippen LogP contribution in [0.5, 0.6) is 23.0 Å². The van der Waals surface area contributed by atoms with Gasteiger partial charge in [0.25, 0.3) is 23.6 Å². The van der Waals surface area contributed by atoms with E-state index in [0.29, 0.717) is 83.4 Å². The van der Waals surface area contributed by atoms with Gasteiger partial charge in [0.2, 0.25) is 0 Å². The summed E-state index contributed by atoms with van der Waals surface area (Å²) in [5.41, 5.74) is 6.45. The molecule has 356 valence electrons. The Kier molecular flexibility index (Phi) is 13.9. The van der Waals surface area contributed by atoms with Gasteiger partial charge in [-0.05, 0) is 81.3 Å². The lowest BCUT2D eigenvalue weighted by Crippen LogP contribution is -2.45. The largest absolute Gasteiger partial charge is 0.493 e. The van der Waals surface area contributed by atoms with Crippen molar-refractivity contribution in [2.75, 3.05) is 61.0 Å². The molecule has 0 bridgehead atoms. The topological polar surface area (TPSA) is 157 Å². The summed E-state index contributed by atoms with van der Waals surface area (Å²) in [5.74, 6) is 0.919. The van der Waals surface area contributed by atoms with Gasteiger partial charge in [-0.3, -0.25) is 29.1 Å². The molecule has 5 heterocycles. The number of nitrogens with zero attached hydrogens (tertiary/aromatic N) is 5. The Balaban J connectivity index is 0.819. The van der Waals surface area contributed by atoms with Gasteiger partial charge in [0.1, 0.15) is 0 Å². The summed E-state index contributed by atoms with van der Waals surface area (Å²) in [4.78, 5) is 80.2. The third-order valence-electron chi connectivity index (χ3n) is 12.7. The van der Waals surface area contributed by atoms with Crippen molar-refractivity contribution in [1.82, 2.24) is 5.06 Å². The van der Waals surface area contributed by atoms with E-state index in [2.05, 4.69) is 30.9 Å². The number of carbonyl (C=O) groups excluding carboxylic acids is 5. The number of para-hydroxylation sites is 2. The van der Waals surface area contributed by atoms with E-state index in [0.717, 1.165) is 60.3 Å². The second-order valence-electron chi connectivity index (χ2n) is 18.0. The van der Waals surface area contributed by atoms with Crippen molar-refractivity contribution < 1.29 is 47.8 Å². The molecule has 5 aliphatic heterocycles. The molecule has 9 rings (SSSR count). The first-order valence-electron chi connectivity index (χ1n) is 23.1. The Morgan fingerprint density at radius 3 is 2.03 bits per heavy atom. The molecule has 15 nitrogen and oxygen atoms in total. The number of imide groups is 1. The van der Waals surface area contributed by atoms with E-state index in [-0.39, 0.29) is 47.9 Å². The van der Waals surface area contributed by atoms with Crippen molar-refractivity contribution >= 4 is 80.1 Å². The Hall–Kier alpha value is -6.20. The van der Waals surface area contributed by atoms with Crippen LogP contribution >= 0.6 is 21.6 Å². The van der Waals surface area contributed by atoms with Gasteiger partial charge in [0.15, 0.2) is 23.0 Å². The van der Waals surface area contributed by atoms with Crippen molar-refractivity contribution in [2.45, 2.75) is 88.5 Å². The standard InChI is InChI=1S/C51H55N5O10S2/c1-51(2,68-67-22-12-17-48(59)66-56-46(57)18-19-47(56)58)31-53-30-35-24-33-14-7-9-16-40(33)55(35)50(61)37-26-43(63-4)45(28-41(37)53)65-21-11-5-10-20-64-44-27-38-36(25-42(44)62-3)49(60)54-34(29-52-38)23-32-13-6-8-15-39(32)54/h6-9,13-16,25-29,34-35H,5,10-12,17-24,30-31H2,1-4H3/t34-,35-/m0/s1. The summed E-state index contributed by atoms with van der Waals surface area (Å²) in [6.07, 6.45) is 6.33. The number of hydroxylamine groups is 2. The molecule has 1 fully saturated rings. The number of hydrogen-bond donors (Lipinski definition) is 0. The van der Waals surface area contributed by atoms with E-state index >= 15 is 0 Å². The zero-order valence-electron chi connectivity index (χ0n) is 38.7. The number of anilines is 3. The van der Waals surface area contributed by atoms with Crippen molar-refractivity contribution in [3.63, 3.8) is 0 Å². The van der Waals surface area contributed by atoms with Crippen LogP contribution in [-0.4, -0.2) is 104 Å². The van der Waals surface area contributed by atoms with E-state index in [1.807, 2.05) is 64.5 Å². The van der Waals surface area contributed by atoms with Gasteiger partial charge in [-0.25, -0.2) is 4.79 Å². The summed E-state index contributed by atoms with van der Waals surface area (Å²) in [6.45, 7) is 6.41. The molecule has 4 aromatic carbocycles. The summed E-state index contributed by atoms with van der Waals surface area (Å²) in [7, 11) is 6.50. The number of ether oxygens (including phenoxy) is 4. The second-order valence-corrected chi connectivity index (χ2v) is 21.1. The number of methoxy groups -OCH3 is 2. The van der Waals surface area contributed by atoms with Crippen molar-refractivity contribution in [3.05, 3.63) is 95.1 Å². The number of carbonyl (C=O) groups is 5. The molecular weight excluding hydrogens is 907 g/mol. The molecule has 0 spiro atoms. The van der Waals surface area contributed by atoms with Gasteiger partial charge in [-0.2, -0.15) is 0 Å². The summed E-state index contributed by atoms with van der Waals surface area (Å²) < 4.78 is 23.9. The summed E-state index contributed by atoms with van der Waals surface area (Å²) in [5, 5.41) is 0.588. The monoisotopic (exact) mass is 961 g/mol. The molecule has 2 atom stereocenters. The molecule has 68 heavy (non-hydrogen) atoms. The molecule has 5 aliphatic rings. The van der Waals surface area contributed by atoms with Gasteiger partial charge in [-0.15, -0.1) is 5.06 Å². The highest BCUT2D eigenvalue weighted by Gasteiger charge is 2.42. The normalized spacial score (nSPS) is 18.1. The minimum Gasteiger partial charge on any atom is -0.493 e. The molecule has 4 amide bonds. The third-order valence-corrected chi connectivity index (χ3v) is 16.0. The zero-order valence-corrected chi connectivity index (χ0v) is 40.3. The minimum absolute atomic E-state index is 0.0581. The molecule has 0 saturated carbocycles. The van der Waals surface area contributed by atoms with Crippen LogP contribution in [0.3, 0.4) is 0 Å².